The van der Waals surface area contributed by atoms with Gasteiger partial charge in [0.25, 0.3) is 0 Å². The molecule has 0 amide bonds. The summed E-state index contributed by atoms with van der Waals surface area (Å²) in [6, 6.07) is 6.64. The van der Waals surface area contributed by atoms with Crippen LogP contribution in [0.3, 0.4) is 0 Å². The molecule has 5 nitrogen and oxygen atoms in total. The summed E-state index contributed by atoms with van der Waals surface area (Å²) in [5, 5.41) is 14.4. The number of benzene rings is 1. The van der Waals surface area contributed by atoms with Gasteiger partial charge in [-0.2, -0.15) is 5.10 Å². The molecule has 2 aromatic heterocycles. The minimum absolute atomic E-state index is 0.177. The van der Waals surface area contributed by atoms with Crippen molar-refractivity contribution in [2.24, 2.45) is 7.05 Å². The molecule has 0 aliphatic rings. The molecular formula is C14H10ClN3O2. The van der Waals surface area contributed by atoms with E-state index in [-0.39, 0.29) is 5.56 Å². The van der Waals surface area contributed by atoms with E-state index in [0.717, 1.165) is 5.56 Å². The van der Waals surface area contributed by atoms with Crippen molar-refractivity contribution in [3.63, 3.8) is 0 Å². The number of pyridine rings is 1. The Balaban J connectivity index is 2.35. The molecule has 0 radical (unpaired) electrons. The van der Waals surface area contributed by atoms with Crippen LogP contribution in [-0.2, 0) is 7.05 Å². The quantitative estimate of drug-likeness (QED) is 0.787. The fourth-order valence-electron chi connectivity index (χ4n) is 2.09. The maximum absolute atomic E-state index is 11.4. The zero-order chi connectivity index (χ0) is 14.3. The van der Waals surface area contributed by atoms with Gasteiger partial charge >= 0.3 is 5.97 Å². The largest absolute Gasteiger partial charge is 0.478 e. The average molecular weight is 288 g/mol. The van der Waals surface area contributed by atoms with Crippen LogP contribution in [-0.4, -0.2) is 25.8 Å². The number of aryl methyl sites for hydroxylation is 1. The van der Waals surface area contributed by atoms with Crippen molar-refractivity contribution in [1.29, 1.82) is 0 Å². The predicted molar refractivity (Wildman–Crippen MR) is 75.9 cm³/mol. The Hall–Kier alpha value is -2.40. The summed E-state index contributed by atoms with van der Waals surface area (Å²) < 4.78 is 1.63. The van der Waals surface area contributed by atoms with Crippen molar-refractivity contribution < 1.29 is 9.90 Å². The first-order valence-corrected chi connectivity index (χ1v) is 6.25. The SMILES string of the molecule is Cn1cc(-c2cc(C(=O)O)c3cccc(Cl)c3n2)cn1. The first-order chi connectivity index (χ1) is 9.56. The molecule has 0 aliphatic carbocycles. The second kappa shape index (κ2) is 4.61. The van der Waals surface area contributed by atoms with Gasteiger partial charge in [-0.05, 0) is 12.1 Å². The normalized spacial score (nSPS) is 10.9. The summed E-state index contributed by atoms with van der Waals surface area (Å²) in [7, 11) is 1.79. The van der Waals surface area contributed by atoms with Crippen molar-refractivity contribution >= 4 is 28.5 Å². The van der Waals surface area contributed by atoms with E-state index in [2.05, 4.69) is 10.1 Å². The highest BCUT2D eigenvalue weighted by atomic mass is 35.5. The lowest BCUT2D eigenvalue weighted by Gasteiger charge is -2.06. The van der Waals surface area contributed by atoms with Gasteiger partial charge in [-0.1, -0.05) is 23.7 Å². The number of carboxylic acid groups (broad SMARTS) is 1. The Morgan fingerprint density at radius 2 is 2.20 bits per heavy atom. The van der Waals surface area contributed by atoms with Gasteiger partial charge in [0.05, 0.1) is 28.0 Å². The van der Waals surface area contributed by atoms with E-state index in [4.69, 9.17) is 11.6 Å². The average Bonchev–Trinajstić information content (AvgIpc) is 2.85. The molecule has 100 valence electrons. The number of aromatic nitrogens is 3. The maximum atomic E-state index is 11.4. The fraction of sp³-hybridized carbons (Fsp3) is 0.0714. The molecule has 0 saturated heterocycles. The third kappa shape index (κ3) is 2.02. The zero-order valence-corrected chi connectivity index (χ0v) is 11.3. The number of halogens is 1. The van der Waals surface area contributed by atoms with Crippen molar-refractivity contribution in [2.75, 3.05) is 0 Å². The molecule has 1 N–H and O–H groups in total. The van der Waals surface area contributed by atoms with Gasteiger partial charge in [-0.25, -0.2) is 9.78 Å². The molecule has 0 bridgehead atoms. The molecule has 3 aromatic rings. The van der Waals surface area contributed by atoms with E-state index in [9.17, 15) is 9.90 Å². The van der Waals surface area contributed by atoms with Crippen LogP contribution in [0, 0.1) is 0 Å². The summed E-state index contributed by atoms with van der Waals surface area (Å²) in [6.45, 7) is 0. The Labute approximate surface area is 119 Å². The van der Waals surface area contributed by atoms with Crippen LogP contribution in [0.5, 0.6) is 0 Å². The minimum Gasteiger partial charge on any atom is -0.478 e. The van der Waals surface area contributed by atoms with E-state index in [1.54, 1.807) is 42.3 Å². The molecule has 0 unspecified atom stereocenters. The second-order valence-electron chi connectivity index (χ2n) is 4.40. The number of rotatable bonds is 2. The zero-order valence-electron chi connectivity index (χ0n) is 10.5. The van der Waals surface area contributed by atoms with Gasteiger partial charge in [0.2, 0.25) is 0 Å². The Bertz CT molecular complexity index is 826. The summed E-state index contributed by atoms with van der Waals surface area (Å²) in [4.78, 5) is 15.9. The molecular weight excluding hydrogens is 278 g/mol. The van der Waals surface area contributed by atoms with E-state index >= 15 is 0 Å². The fourth-order valence-corrected chi connectivity index (χ4v) is 2.31. The van der Waals surface area contributed by atoms with Crippen LogP contribution in [0.15, 0.2) is 36.7 Å². The van der Waals surface area contributed by atoms with Crippen LogP contribution in [0.4, 0.5) is 0 Å². The highest BCUT2D eigenvalue weighted by molar-refractivity contribution is 6.35. The Kier molecular flexibility index (Phi) is 2.91. The lowest BCUT2D eigenvalue weighted by molar-refractivity contribution is 0.0699. The summed E-state index contributed by atoms with van der Waals surface area (Å²) >= 11 is 6.12. The van der Waals surface area contributed by atoms with Gasteiger partial charge in [-0.15, -0.1) is 0 Å². The molecule has 0 aliphatic heterocycles. The summed E-state index contributed by atoms with van der Waals surface area (Å²) in [6.07, 6.45) is 3.41. The number of nitrogens with zero attached hydrogens (tertiary/aromatic N) is 3. The molecule has 0 fully saturated rings. The molecule has 0 saturated carbocycles. The third-order valence-corrected chi connectivity index (χ3v) is 3.33. The lowest BCUT2D eigenvalue weighted by Crippen LogP contribution is -2.00. The van der Waals surface area contributed by atoms with Crippen LogP contribution >= 0.6 is 11.6 Å². The molecule has 20 heavy (non-hydrogen) atoms. The van der Waals surface area contributed by atoms with E-state index in [0.29, 0.717) is 21.6 Å². The predicted octanol–water partition coefficient (Wildman–Crippen LogP) is 2.99. The van der Waals surface area contributed by atoms with E-state index in [1.165, 1.54) is 6.07 Å². The van der Waals surface area contributed by atoms with E-state index in [1.807, 2.05) is 0 Å². The van der Waals surface area contributed by atoms with Gasteiger partial charge in [0.15, 0.2) is 0 Å². The third-order valence-electron chi connectivity index (χ3n) is 3.02. The van der Waals surface area contributed by atoms with Gasteiger partial charge in [-0.3, -0.25) is 4.68 Å². The maximum Gasteiger partial charge on any atom is 0.336 e. The van der Waals surface area contributed by atoms with Crippen molar-refractivity contribution in [2.45, 2.75) is 0 Å². The summed E-state index contributed by atoms with van der Waals surface area (Å²) in [5.41, 5.74) is 1.94. The first-order valence-electron chi connectivity index (χ1n) is 5.88. The smallest absolute Gasteiger partial charge is 0.336 e. The monoisotopic (exact) mass is 287 g/mol. The van der Waals surface area contributed by atoms with Crippen molar-refractivity contribution in [3.8, 4) is 11.3 Å². The van der Waals surface area contributed by atoms with Gasteiger partial charge < -0.3 is 5.11 Å². The molecule has 0 atom stereocenters. The number of hydrogen-bond donors (Lipinski definition) is 1. The summed E-state index contributed by atoms with van der Waals surface area (Å²) in [5.74, 6) is -1.01. The van der Waals surface area contributed by atoms with Crippen molar-refractivity contribution in [3.05, 3.63) is 47.2 Å². The lowest BCUT2D eigenvalue weighted by atomic mass is 10.1. The second-order valence-corrected chi connectivity index (χ2v) is 4.81. The van der Waals surface area contributed by atoms with Gasteiger partial charge in [0, 0.05) is 24.2 Å². The van der Waals surface area contributed by atoms with E-state index < -0.39 is 5.97 Å². The molecule has 3 rings (SSSR count). The Morgan fingerprint density at radius 3 is 2.85 bits per heavy atom. The topological polar surface area (TPSA) is 68.0 Å². The highest BCUT2D eigenvalue weighted by Crippen LogP contribution is 2.28. The van der Waals surface area contributed by atoms with Crippen LogP contribution in [0.2, 0.25) is 5.02 Å². The Morgan fingerprint density at radius 1 is 1.40 bits per heavy atom. The number of aromatic carboxylic acids is 1. The molecule has 0 spiro atoms. The number of carbonyl (C=O) groups is 1. The first kappa shape index (κ1) is 12.6. The van der Waals surface area contributed by atoms with Crippen LogP contribution in [0.25, 0.3) is 22.2 Å². The number of carboxylic acids is 1. The number of hydrogen-bond acceptors (Lipinski definition) is 3. The minimum atomic E-state index is -1.01. The molecule has 2 heterocycles. The molecule has 1 aromatic carbocycles. The highest BCUT2D eigenvalue weighted by Gasteiger charge is 2.15. The molecule has 6 heteroatoms. The standard InChI is InChI=1S/C14H10ClN3O2/c1-18-7-8(6-16-18)12-5-10(14(19)20)9-3-2-4-11(15)13(9)17-12/h2-7H,1H3,(H,19,20). The van der Waals surface area contributed by atoms with Crippen LogP contribution < -0.4 is 0 Å². The number of para-hydroxylation sites is 1. The van der Waals surface area contributed by atoms with Crippen molar-refractivity contribution in [1.82, 2.24) is 14.8 Å². The van der Waals surface area contributed by atoms with Gasteiger partial charge in [0.1, 0.15) is 0 Å². The number of fused-ring (bicyclic) bond motifs is 1. The van der Waals surface area contributed by atoms with Crippen LogP contribution in [0.1, 0.15) is 10.4 Å².